The second-order valence-corrected chi connectivity index (χ2v) is 22.2. The minimum absolute atomic E-state index is 0.358. The Hall–Kier alpha value is -0.320. The smallest absolute Gasteiger partial charge is 0.0760 e. The van der Waals surface area contributed by atoms with Gasteiger partial charge in [-0.25, -0.2) is 0 Å². The van der Waals surface area contributed by atoms with E-state index in [9.17, 15) is 0 Å². The van der Waals surface area contributed by atoms with Crippen molar-refractivity contribution in [2.75, 3.05) is 0 Å². The molecule has 8 heteroatoms. The third kappa shape index (κ3) is 5.84. The average molecular weight is 773 g/mol. The lowest BCUT2D eigenvalue weighted by molar-refractivity contribution is -0.259. The van der Waals surface area contributed by atoms with Gasteiger partial charge >= 0.3 is 0 Å². The van der Waals surface area contributed by atoms with E-state index in [2.05, 4.69) is 19.6 Å². The van der Waals surface area contributed by atoms with Gasteiger partial charge < -0.3 is 18.9 Å². The van der Waals surface area contributed by atoms with Crippen molar-refractivity contribution in [3.05, 3.63) is 0 Å². The maximum Gasteiger partial charge on any atom is 0.0760 e. The van der Waals surface area contributed by atoms with Gasteiger partial charge in [0.2, 0.25) is 0 Å². The first kappa shape index (κ1) is 36.3. The number of rotatable bonds is 0. The van der Waals surface area contributed by atoms with Crippen LogP contribution in [0.25, 0.3) is 0 Å². The molecule has 312 valence electrons. The molecule has 8 saturated heterocycles. The van der Waals surface area contributed by atoms with Crippen LogP contribution in [0.3, 0.4) is 0 Å². The molecule has 0 aromatic rings. The molecule has 8 heterocycles. The Morgan fingerprint density at radius 2 is 0.446 bits per heavy atom. The molecule has 16 atom stereocenters. The topological polar surface area (TPSA) is 49.9 Å². The monoisotopic (exact) mass is 773 g/mol. The van der Waals surface area contributed by atoms with Gasteiger partial charge in [-0.05, 0) is 116 Å². The van der Waals surface area contributed by atoms with E-state index in [0.29, 0.717) is 97.2 Å². The summed E-state index contributed by atoms with van der Waals surface area (Å²) in [5.41, 5.74) is 0. The summed E-state index contributed by atoms with van der Waals surface area (Å²) in [6.45, 7) is 0. The van der Waals surface area contributed by atoms with Crippen LogP contribution in [0.2, 0.25) is 0 Å². The highest BCUT2D eigenvalue weighted by atomic mass is 16.5. The van der Waals surface area contributed by atoms with E-state index in [1.165, 1.54) is 167 Å². The number of fused-ring (bicyclic) bond motifs is 4. The molecule has 0 spiro atoms. The van der Waals surface area contributed by atoms with Crippen LogP contribution in [0.5, 0.6) is 0 Å². The number of nitrogens with zero attached hydrogens (tertiary/aromatic N) is 4. The fourth-order valence-corrected chi connectivity index (χ4v) is 17.7. The normalized spacial score (nSPS) is 56.1. The van der Waals surface area contributed by atoms with Crippen LogP contribution in [-0.4, -0.2) is 141 Å². The van der Waals surface area contributed by atoms with Gasteiger partial charge in [-0.15, -0.1) is 0 Å². The van der Waals surface area contributed by atoms with Crippen LogP contribution in [-0.2, 0) is 18.9 Å². The second-order valence-electron chi connectivity index (χ2n) is 22.2. The maximum absolute atomic E-state index is 7.34. The van der Waals surface area contributed by atoms with Gasteiger partial charge in [-0.1, -0.05) is 51.4 Å². The van der Waals surface area contributed by atoms with Gasteiger partial charge in [-0.2, -0.15) is 0 Å². The Bertz CT molecular complexity index is 1210. The van der Waals surface area contributed by atoms with Crippen LogP contribution in [0.15, 0.2) is 0 Å². The molecule has 16 rings (SSSR count). The molecule has 16 aliphatic rings. The van der Waals surface area contributed by atoms with Gasteiger partial charge in [0, 0.05) is 85.3 Å². The predicted octanol–water partition coefficient (Wildman–Crippen LogP) is 7.73. The second kappa shape index (κ2) is 14.7. The maximum atomic E-state index is 7.34. The van der Waals surface area contributed by atoms with E-state index in [0.717, 1.165) is 37.0 Å². The number of hydrogen-bond donors (Lipinski definition) is 0. The molecule has 16 fully saturated rings. The van der Waals surface area contributed by atoms with Crippen molar-refractivity contribution in [3.8, 4) is 0 Å². The van der Waals surface area contributed by atoms with E-state index in [1.807, 2.05) is 0 Å². The molecule has 8 saturated carbocycles. The Balaban J connectivity index is 0.892. The molecule has 0 aromatic heterocycles. The Labute approximate surface area is 338 Å². The first-order valence-corrected chi connectivity index (χ1v) is 25.4. The molecule has 8 aliphatic carbocycles. The molecule has 0 aromatic carbocycles. The van der Waals surface area contributed by atoms with Crippen molar-refractivity contribution in [2.45, 2.75) is 301 Å². The van der Waals surface area contributed by atoms with Gasteiger partial charge in [0.1, 0.15) is 0 Å². The zero-order valence-corrected chi connectivity index (χ0v) is 34.8. The lowest BCUT2D eigenvalue weighted by Gasteiger charge is -2.65. The van der Waals surface area contributed by atoms with Crippen molar-refractivity contribution in [1.29, 1.82) is 0 Å². The lowest BCUT2D eigenvalue weighted by atomic mass is 9.72. The summed E-state index contributed by atoms with van der Waals surface area (Å²) >= 11 is 0. The molecule has 0 amide bonds. The molecule has 0 radical (unpaired) electrons. The summed E-state index contributed by atoms with van der Waals surface area (Å²) in [5.74, 6) is 0. The molecule has 0 N–H and O–H groups in total. The predicted molar refractivity (Wildman–Crippen MR) is 217 cm³/mol. The highest BCUT2D eigenvalue weighted by Gasteiger charge is 2.60. The summed E-state index contributed by atoms with van der Waals surface area (Å²) in [7, 11) is 0. The fraction of sp³-hybridized carbons (Fsp3) is 1.00. The van der Waals surface area contributed by atoms with E-state index in [1.54, 1.807) is 0 Å². The largest absolute Gasteiger partial charge is 0.372 e. The van der Waals surface area contributed by atoms with E-state index in [4.69, 9.17) is 18.9 Å². The third-order valence-electron chi connectivity index (χ3n) is 19.8. The van der Waals surface area contributed by atoms with E-state index < -0.39 is 0 Å². The van der Waals surface area contributed by atoms with Gasteiger partial charge in [0.15, 0.2) is 0 Å². The van der Waals surface area contributed by atoms with Gasteiger partial charge in [0.25, 0.3) is 0 Å². The highest BCUT2D eigenvalue weighted by Crippen LogP contribution is 2.52. The third-order valence-corrected chi connectivity index (χ3v) is 19.8. The van der Waals surface area contributed by atoms with Gasteiger partial charge in [-0.3, -0.25) is 19.6 Å². The first-order valence-electron chi connectivity index (χ1n) is 25.4. The average Bonchev–Trinajstić information content (AvgIpc) is 3.24. The number of ether oxygens (including phenoxy) is 4. The zero-order valence-electron chi connectivity index (χ0n) is 34.8. The Morgan fingerprint density at radius 3 is 0.696 bits per heavy atom. The fourth-order valence-electron chi connectivity index (χ4n) is 17.7. The SMILES string of the molecule is C1CCC2C(C1)OC1CC3OC4CCCCC4N4C5CCC(CC5)N5C6CCCCC6OC6CC7OC8CCCCC8N(C8CCC(CC8)N2C1CC34)C7CC65. The Morgan fingerprint density at radius 1 is 0.214 bits per heavy atom. The Kier molecular flexibility index (Phi) is 9.51. The molecular weight excluding hydrogens is 697 g/mol. The molecular formula is C48H76N4O4. The van der Waals surface area contributed by atoms with Crippen molar-refractivity contribution < 1.29 is 18.9 Å². The first-order chi connectivity index (χ1) is 27.7. The van der Waals surface area contributed by atoms with Crippen LogP contribution in [0.4, 0.5) is 0 Å². The molecule has 56 heavy (non-hydrogen) atoms. The molecule has 8 bridgehead atoms. The van der Waals surface area contributed by atoms with E-state index >= 15 is 0 Å². The summed E-state index contributed by atoms with van der Waals surface area (Å²) in [6, 6.07) is 7.71. The zero-order chi connectivity index (χ0) is 36.5. The van der Waals surface area contributed by atoms with Gasteiger partial charge in [0.05, 0.1) is 48.8 Å². The van der Waals surface area contributed by atoms with Crippen LogP contribution in [0.1, 0.15) is 180 Å². The summed E-state index contributed by atoms with van der Waals surface area (Å²) < 4.78 is 29.4. The van der Waals surface area contributed by atoms with E-state index in [-0.39, 0.29) is 0 Å². The van der Waals surface area contributed by atoms with Crippen LogP contribution >= 0.6 is 0 Å². The van der Waals surface area contributed by atoms with Crippen LogP contribution in [0, 0.1) is 0 Å². The summed E-state index contributed by atoms with van der Waals surface area (Å²) in [5, 5.41) is 0. The molecule has 8 nitrogen and oxygen atoms in total. The lowest BCUT2D eigenvalue weighted by Crippen LogP contribution is -2.74. The number of morpholine rings is 4. The molecule has 8 aliphatic heterocycles. The minimum Gasteiger partial charge on any atom is -0.372 e. The van der Waals surface area contributed by atoms with Crippen molar-refractivity contribution in [2.24, 2.45) is 0 Å². The number of hydrogen-bond acceptors (Lipinski definition) is 8. The minimum atomic E-state index is 0.358. The molecule has 16 unspecified atom stereocenters. The van der Waals surface area contributed by atoms with Crippen molar-refractivity contribution in [1.82, 2.24) is 19.6 Å². The quantitative estimate of drug-likeness (QED) is 0.248. The van der Waals surface area contributed by atoms with Crippen molar-refractivity contribution >= 4 is 0 Å². The standard InChI is InChI=1S/C48H76N4O4/c1-5-13-41-33(9-1)49-29-17-19-30(20-18-29)51-35-11-3-7-15-43(35)55-47-28-48-40(26-39(47)51)52(36-12-4-8-16-44(36)56-48)32-23-21-31(22-24-32)50-34-10-2-6-14-42(34)54-46-27-45(53-41)37(49)25-38(46)50/h29-48H,1-28H2. The van der Waals surface area contributed by atoms with Crippen LogP contribution < -0.4 is 0 Å². The summed E-state index contributed by atoms with van der Waals surface area (Å²) in [4.78, 5) is 12.9. The summed E-state index contributed by atoms with van der Waals surface area (Å²) in [6.07, 6.45) is 40.7. The highest BCUT2D eigenvalue weighted by molar-refractivity contribution is 5.13. The van der Waals surface area contributed by atoms with Crippen molar-refractivity contribution in [3.63, 3.8) is 0 Å².